The normalized spacial score (nSPS) is 9.60. The van der Waals surface area contributed by atoms with Crippen LogP contribution in [0.1, 0.15) is 54.1 Å². The van der Waals surface area contributed by atoms with Crippen LogP contribution >= 0.6 is 0 Å². The molecule has 5 nitrogen and oxygen atoms in total. The van der Waals surface area contributed by atoms with E-state index in [4.69, 9.17) is 0 Å². The highest BCUT2D eigenvalue weighted by molar-refractivity contribution is 5.93. The lowest BCUT2D eigenvalue weighted by Crippen LogP contribution is -2.02. The van der Waals surface area contributed by atoms with E-state index in [-0.39, 0.29) is 11.6 Å². The van der Waals surface area contributed by atoms with E-state index in [0.29, 0.717) is 17.8 Å². The van der Waals surface area contributed by atoms with Gasteiger partial charge in [-0.1, -0.05) is 19.9 Å². The van der Waals surface area contributed by atoms with Gasteiger partial charge in [-0.2, -0.15) is 5.10 Å². The van der Waals surface area contributed by atoms with Gasteiger partial charge in [0.15, 0.2) is 11.6 Å². The number of hydrogen-bond donors (Lipinski definition) is 0. The van der Waals surface area contributed by atoms with Crippen molar-refractivity contribution in [3.8, 4) is 0 Å². The SMILES string of the molecule is CC.CC(=O)c1cnn(Cc2ccc(C(C)=O)nc2)c1. The van der Waals surface area contributed by atoms with E-state index in [2.05, 4.69) is 10.1 Å². The third-order valence-electron chi connectivity index (χ3n) is 2.57. The number of nitrogens with zero attached hydrogens (tertiary/aromatic N) is 3. The van der Waals surface area contributed by atoms with Crippen LogP contribution in [-0.4, -0.2) is 26.3 Å². The minimum absolute atomic E-state index is 0.00805. The first kappa shape index (κ1) is 15.8. The minimum atomic E-state index is -0.0560. The fraction of sp³-hybridized carbons (Fsp3) is 0.333. The van der Waals surface area contributed by atoms with Crippen LogP contribution in [0, 0.1) is 0 Å². The molecule has 0 bridgehead atoms. The average Bonchev–Trinajstić information content (AvgIpc) is 2.90. The maximum Gasteiger partial charge on any atom is 0.178 e. The molecule has 0 N–H and O–H groups in total. The summed E-state index contributed by atoms with van der Waals surface area (Å²) in [6.07, 6.45) is 4.88. The molecule has 106 valence electrons. The van der Waals surface area contributed by atoms with Crippen molar-refractivity contribution in [3.05, 3.63) is 47.5 Å². The predicted octanol–water partition coefficient (Wildman–Crippen LogP) is 2.76. The Balaban J connectivity index is 0.000000956. The molecule has 5 heteroatoms. The van der Waals surface area contributed by atoms with Crippen LogP contribution < -0.4 is 0 Å². The second-order valence-electron chi connectivity index (χ2n) is 4.09. The molecule has 0 aromatic carbocycles. The highest BCUT2D eigenvalue weighted by Crippen LogP contribution is 2.05. The van der Waals surface area contributed by atoms with Crippen molar-refractivity contribution in [1.29, 1.82) is 0 Å². The molecule has 2 heterocycles. The van der Waals surface area contributed by atoms with Crippen molar-refractivity contribution < 1.29 is 9.59 Å². The quantitative estimate of drug-likeness (QED) is 0.803. The first-order chi connectivity index (χ1) is 9.56. The van der Waals surface area contributed by atoms with Gasteiger partial charge in [0.1, 0.15) is 5.69 Å². The van der Waals surface area contributed by atoms with Crippen LogP contribution in [0.25, 0.3) is 0 Å². The predicted molar refractivity (Wildman–Crippen MR) is 76.9 cm³/mol. The van der Waals surface area contributed by atoms with E-state index < -0.39 is 0 Å². The Labute approximate surface area is 118 Å². The summed E-state index contributed by atoms with van der Waals surface area (Å²) in [5.74, 6) is -0.0641. The van der Waals surface area contributed by atoms with Gasteiger partial charge in [-0.05, 0) is 18.6 Å². The summed E-state index contributed by atoms with van der Waals surface area (Å²) in [6, 6.07) is 3.52. The van der Waals surface area contributed by atoms with Gasteiger partial charge in [0, 0.05) is 19.3 Å². The van der Waals surface area contributed by atoms with Gasteiger partial charge in [-0.25, -0.2) is 0 Å². The van der Waals surface area contributed by atoms with Gasteiger partial charge < -0.3 is 0 Å². The number of Topliss-reactive ketones (excluding diaryl/α,β-unsaturated/α-hetero) is 2. The molecule has 0 aliphatic carbocycles. The lowest BCUT2D eigenvalue weighted by Gasteiger charge is -2.02. The molecule has 0 aliphatic heterocycles. The molecule has 2 aromatic heterocycles. The molecule has 0 aliphatic rings. The van der Waals surface area contributed by atoms with Gasteiger partial charge in [-0.15, -0.1) is 0 Å². The molecular weight excluding hydrogens is 254 g/mol. The standard InChI is InChI=1S/C13H13N3O2.C2H6/c1-9(17)12-6-15-16(8-12)7-11-3-4-13(10(2)18)14-5-11;1-2/h3-6,8H,7H2,1-2H3;1-2H3. The Morgan fingerprint density at radius 3 is 2.25 bits per heavy atom. The summed E-state index contributed by atoms with van der Waals surface area (Å²) < 4.78 is 1.67. The maximum atomic E-state index is 11.1. The molecule has 2 aromatic rings. The molecule has 0 radical (unpaired) electrons. The lowest BCUT2D eigenvalue weighted by atomic mass is 10.2. The van der Waals surface area contributed by atoms with Gasteiger partial charge >= 0.3 is 0 Å². The number of carbonyl (C=O) groups is 2. The number of carbonyl (C=O) groups excluding carboxylic acids is 2. The van der Waals surface area contributed by atoms with E-state index in [1.54, 1.807) is 29.3 Å². The van der Waals surface area contributed by atoms with E-state index in [1.165, 1.54) is 13.8 Å². The fourth-order valence-electron chi connectivity index (χ4n) is 1.55. The molecular formula is C15H19N3O2. The molecule has 2 rings (SSSR count). The van der Waals surface area contributed by atoms with Crippen molar-refractivity contribution in [2.24, 2.45) is 0 Å². The van der Waals surface area contributed by atoms with Crippen LogP contribution in [0.3, 0.4) is 0 Å². The largest absolute Gasteiger partial charge is 0.294 e. The fourth-order valence-corrected chi connectivity index (χ4v) is 1.55. The van der Waals surface area contributed by atoms with Crippen molar-refractivity contribution in [1.82, 2.24) is 14.8 Å². The second kappa shape index (κ2) is 7.33. The van der Waals surface area contributed by atoms with E-state index in [0.717, 1.165) is 5.56 Å². The van der Waals surface area contributed by atoms with Crippen molar-refractivity contribution in [2.45, 2.75) is 34.2 Å². The Morgan fingerprint density at radius 2 is 1.80 bits per heavy atom. The molecule has 0 spiro atoms. The number of ketones is 2. The monoisotopic (exact) mass is 273 g/mol. The zero-order chi connectivity index (χ0) is 15.1. The van der Waals surface area contributed by atoms with E-state index in [1.807, 2.05) is 19.9 Å². The summed E-state index contributed by atoms with van der Waals surface area (Å²) in [4.78, 5) is 26.3. The minimum Gasteiger partial charge on any atom is -0.294 e. The molecule has 20 heavy (non-hydrogen) atoms. The molecule has 0 saturated carbocycles. The first-order valence-corrected chi connectivity index (χ1v) is 6.55. The van der Waals surface area contributed by atoms with Crippen molar-refractivity contribution in [3.63, 3.8) is 0 Å². The molecule has 0 saturated heterocycles. The highest BCUT2D eigenvalue weighted by atomic mass is 16.1. The maximum absolute atomic E-state index is 11.1. The van der Waals surface area contributed by atoms with Gasteiger partial charge in [0.25, 0.3) is 0 Å². The number of pyridine rings is 1. The van der Waals surface area contributed by atoms with Crippen LogP contribution in [-0.2, 0) is 6.54 Å². The summed E-state index contributed by atoms with van der Waals surface area (Å²) in [6.45, 7) is 7.51. The van der Waals surface area contributed by atoms with Crippen LogP contribution in [0.4, 0.5) is 0 Å². The van der Waals surface area contributed by atoms with Gasteiger partial charge in [0.05, 0.1) is 18.3 Å². The van der Waals surface area contributed by atoms with Gasteiger partial charge in [0.2, 0.25) is 0 Å². The smallest absolute Gasteiger partial charge is 0.178 e. The van der Waals surface area contributed by atoms with Crippen LogP contribution in [0.15, 0.2) is 30.7 Å². The Morgan fingerprint density at radius 1 is 1.10 bits per heavy atom. The first-order valence-electron chi connectivity index (χ1n) is 6.55. The zero-order valence-corrected chi connectivity index (χ0v) is 12.3. The summed E-state index contributed by atoms with van der Waals surface area (Å²) in [5.41, 5.74) is 1.96. The Hall–Kier alpha value is -2.30. The van der Waals surface area contributed by atoms with Gasteiger partial charge in [-0.3, -0.25) is 19.3 Å². The average molecular weight is 273 g/mol. The number of aromatic nitrogens is 3. The third kappa shape index (κ3) is 4.12. The Bertz CT molecular complexity index is 585. The zero-order valence-electron chi connectivity index (χ0n) is 12.3. The summed E-state index contributed by atoms with van der Waals surface area (Å²) in [5, 5.41) is 4.09. The lowest BCUT2D eigenvalue weighted by molar-refractivity contribution is 0.100. The number of hydrogen-bond acceptors (Lipinski definition) is 4. The van der Waals surface area contributed by atoms with Crippen molar-refractivity contribution >= 4 is 11.6 Å². The van der Waals surface area contributed by atoms with Crippen molar-refractivity contribution in [2.75, 3.05) is 0 Å². The summed E-state index contributed by atoms with van der Waals surface area (Å²) >= 11 is 0. The molecule has 0 amide bonds. The Kier molecular flexibility index (Phi) is 5.77. The van der Waals surface area contributed by atoms with E-state index in [9.17, 15) is 9.59 Å². The molecule has 0 fully saturated rings. The summed E-state index contributed by atoms with van der Waals surface area (Å²) in [7, 11) is 0. The molecule has 0 atom stereocenters. The number of rotatable bonds is 4. The second-order valence-corrected chi connectivity index (χ2v) is 4.09. The van der Waals surface area contributed by atoms with E-state index >= 15 is 0 Å². The van der Waals surface area contributed by atoms with Crippen LogP contribution in [0.2, 0.25) is 0 Å². The highest BCUT2D eigenvalue weighted by Gasteiger charge is 2.05. The van der Waals surface area contributed by atoms with Crippen LogP contribution in [0.5, 0.6) is 0 Å². The topological polar surface area (TPSA) is 64.8 Å². The third-order valence-corrected chi connectivity index (χ3v) is 2.57. The molecule has 0 unspecified atom stereocenters.